The molecule has 1 atom stereocenters. The smallest absolute Gasteiger partial charge is 0.330 e. The predicted octanol–water partition coefficient (Wildman–Crippen LogP) is 2.94. The fourth-order valence-corrected chi connectivity index (χ4v) is 2.42. The standard InChI is InChI=1S/C17H20ClN3O4/c1-2-4-13-19-15(25-21-13)6-3-5-14(22)20-16(17(23)24)11-7-9-12(18)10-8-11/h7-10,16H,2-6H2,1H3,(H,20,22)(H,23,24). The summed E-state index contributed by atoms with van der Waals surface area (Å²) >= 11 is 5.80. The quantitative estimate of drug-likeness (QED) is 0.707. The van der Waals surface area contributed by atoms with Crippen molar-refractivity contribution in [3.63, 3.8) is 0 Å². The highest BCUT2D eigenvalue weighted by molar-refractivity contribution is 6.30. The van der Waals surface area contributed by atoms with Crippen LogP contribution in [0.25, 0.3) is 0 Å². The van der Waals surface area contributed by atoms with E-state index in [-0.39, 0.29) is 12.3 Å². The summed E-state index contributed by atoms with van der Waals surface area (Å²) in [5.41, 5.74) is 0.464. The fourth-order valence-electron chi connectivity index (χ4n) is 2.29. The molecular weight excluding hydrogens is 346 g/mol. The van der Waals surface area contributed by atoms with Crippen LogP contribution in [-0.2, 0) is 22.4 Å². The van der Waals surface area contributed by atoms with Crippen LogP contribution in [-0.4, -0.2) is 27.1 Å². The van der Waals surface area contributed by atoms with Crippen LogP contribution in [0, 0.1) is 0 Å². The number of nitrogens with zero attached hydrogens (tertiary/aromatic N) is 2. The van der Waals surface area contributed by atoms with Crippen molar-refractivity contribution in [3.8, 4) is 0 Å². The van der Waals surface area contributed by atoms with Crippen LogP contribution in [0.3, 0.4) is 0 Å². The molecular formula is C17H20ClN3O4. The average Bonchev–Trinajstić information content (AvgIpc) is 3.01. The van der Waals surface area contributed by atoms with Crippen molar-refractivity contribution in [1.29, 1.82) is 0 Å². The van der Waals surface area contributed by atoms with Gasteiger partial charge in [0.15, 0.2) is 11.9 Å². The number of aliphatic carboxylic acids is 1. The number of hydrogen-bond donors (Lipinski definition) is 2. The summed E-state index contributed by atoms with van der Waals surface area (Å²) in [5.74, 6) is -0.327. The molecule has 0 aliphatic carbocycles. The third-order valence-electron chi connectivity index (χ3n) is 3.53. The van der Waals surface area contributed by atoms with Gasteiger partial charge in [0.2, 0.25) is 11.8 Å². The van der Waals surface area contributed by atoms with Gasteiger partial charge in [-0.15, -0.1) is 0 Å². The van der Waals surface area contributed by atoms with E-state index in [9.17, 15) is 14.7 Å². The van der Waals surface area contributed by atoms with Crippen molar-refractivity contribution < 1.29 is 19.2 Å². The number of aryl methyl sites for hydroxylation is 2. The fraction of sp³-hybridized carbons (Fsp3) is 0.412. The van der Waals surface area contributed by atoms with E-state index in [0.717, 1.165) is 12.8 Å². The van der Waals surface area contributed by atoms with Crippen LogP contribution in [0.5, 0.6) is 0 Å². The Balaban J connectivity index is 1.84. The molecule has 1 amide bonds. The molecule has 0 radical (unpaired) electrons. The van der Waals surface area contributed by atoms with Crippen LogP contribution >= 0.6 is 11.6 Å². The summed E-state index contributed by atoms with van der Waals surface area (Å²) in [7, 11) is 0. The molecule has 2 rings (SSSR count). The topological polar surface area (TPSA) is 105 Å². The Hall–Kier alpha value is -2.41. The molecule has 8 heteroatoms. The zero-order chi connectivity index (χ0) is 18.2. The zero-order valence-corrected chi connectivity index (χ0v) is 14.6. The van der Waals surface area contributed by atoms with E-state index in [4.69, 9.17) is 16.1 Å². The van der Waals surface area contributed by atoms with E-state index in [0.29, 0.717) is 35.1 Å². The first-order valence-electron chi connectivity index (χ1n) is 8.08. The summed E-state index contributed by atoms with van der Waals surface area (Å²) in [6.45, 7) is 2.03. The van der Waals surface area contributed by atoms with E-state index >= 15 is 0 Å². The van der Waals surface area contributed by atoms with Crippen molar-refractivity contribution in [1.82, 2.24) is 15.5 Å². The molecule has 1 aromatic carbocycles. The van der Waals surface area contributed by atoms with Crippen LogP contribution in [0.2, 0.25) is 5.02 Å². The van der Waals surface area contributed by atoms with Crippen molar-refractivity contribution in [3.05, 3.63) is 46.6 Å². The molecule has 1 heterocycles. The molecule has 0 saturated carbocycles. The van der Waals surface area contributed by atoms with Crippen molar-refractivity contribution in [2.24, 2.45) is 0 Å². The number of aromatic nitrogens is 2. The second kappa shape index (κ2) is 9.17. The third kappa shape index (κ3) is 5.86. The Bertz CT molecular complexity index is 715. The Labute approximate surface area is 150 Å². The number of halogens is 1. The maximum Gasteiger partial charge on any atom is 0.330 e. The van der Waals surface area contributed by atoms with Crippen LogP contribution in [0.15, 0.2) is 28.8 Å². The summed E-state index contributed by atoms with van der Waals surface area (Å²) < 4.78 is 5.10. The van der Waals surface area contributed by atoms with Gasteiger partial charge < -0.3 is 14.9 Å². The molecule has 25 heavy (non-hydrogen) atoms. The van der Waals surface area contributed by atoms with Crippen LogP contribution in [0.1, 0.15) is 49.5 Å². The normalized spacial score (nSPS) is 11.9. The minimum atomic E-state index is -1.13. The lowest BCUT2D eigenvalue weighted by molar-refractivity contribution is -0.142. The predicted molar refractivity (Wildman–Crippen MR) is 91.2 cm³/mol. The summed E-state index contributed by atoms with van der Waals surface area (Å²) in [6, 6.07) is 5.22. The lowest BCUT2D eigenvalue weighted by Gasteiger charge is -2.14. The maximum atomic E-state index is 12.0. The van der Waals surface area contributed by atoms with E-state index in [1.165, 1.54) is 0 Å². The van der Waals surface area contributed by atoms with Crippen LogP contribution in [0.4, 0.5) is 0 Å². The summed E-state index contributed by atoms with van der Waals surface area (Å²) in [5, 5.41) is 16.2. The number of amides is 1. The number of hydrogen-bond acceptors (Lipinski definition) is 5. The Morgan fingerprint density at radius 2 is 2.00 bits per heavy atom. The van der Waals surface area contributed by atoms with Gasteiger partial charge >= 0.3 is 5.97 Å². The molecule has 0 aliphatic rings. The van der Waals surface area contributed by atoms with Gasteiger partial charge in [0, 0.05) is 24.3 Å². The second-order valence-corrected chi connectivity index (χ2v) is 6.03. The minimum Gasteiger partial charge on any atom is -0.479 e. The number of benzene rings is 1. The number of nitrogens with one attached hydrogen (secondary N) is 1. The highest BCUT2D eigenvalue weighted by Crippen LogP contribution is 2.17. The van der Waals surface area contributed by atoms with Gasteiger partial charge in [-0.3, -0.25) is 4.79 Å². The second-order valence-electron chi connectivity index (χ2n) is 5.60. The van der Waals surface area contributed by atoms with E-state index in [1.54, 1.807) is 24.3 Å². The molecule has 0 saturated heterocycles. The Morgan fingerprint density at radius 1 is 1.28 bits per heavy atom. The Kier molecular flexibility index (Phi) is 6.94. The minimum absolute atomic E-state index is 0.170. The molecule has 0 spiro atoms. The van der Waals surface area contributed by atoms with Crippen LogP contribution < -0.4 is 5.32 Å². The van der Waals surface area contributed by atoms with E-state index in [1.807, 2.05) is 6.92 Å². The Morgan fingerprint density at radius 3 is 2.64 bits per heavy atom. The third-order valence-corrected chi connectivity index (χ3v) is 3.79. The average molecular weight is 366 g/mol. The van der Waals surface area contributed by atoms with Gasteiger partial charge in [0.05, 0.1) is 0 Å². The number of carbonyl (C=O) groups is 2. The molecule has 2 N–H and O–H groups in total. The van der Waals surface area contributed by atoms with Gasteiger partial charge in [-0.25, -0.2) is 4.79 Å². The molecule has 0 bridgehead atoms. The number of rotatable bonds is 9. The first kappa shape index (κ1) is 18.9. The molecule has 1 unspecified atom stereocenters. The summed E-state index contributed by atoms with van der Waals surface area (Å²) in [4.78, 5) is 27.7. The van der Waals surface area contributed by atoms with Crippen molar-refractivity contribution in [2.45, 2.75) is 45.1 Å². The SMILES string of the molecule is CCCc1noc(CCCC(=O)NC(C(=O)O)c2ccc(Cl)cc2)n1. The number of carboxylic acid groups (broad SMARTS) is 1. The maximum absolute atomic E-state index is 12.0. The summed E-state index contributed by atoms with van der Waals surface area (Å²) in [6.07, 6.45) is 2.83. The van der Waals surface area contributed by atoms with Gasteiger partial charge in [-0.05, 0) is 30.5 Å². The molecule has 134 valence electrons. The lowest BCUT2D eigenvalue weighted by Crippen LogP contribution is -2.33. The largest absolute Gasteiger partial charge is 0.479 e. The van der Waals surface area contributed by atoms with Gasteiger partial charge in [0.25, 0.3) is 0 Å². The number of carbonyl (C=O) groups excluding carboxylic acids is 1. The first-order valence-corrected chi connectivity index (χ1v) is 8.46. The zero-order valence-electron chi connectivity index (χ0n) is 13.9. The van der Waals surface area contributed by atoms with Crippen molar-refractivity contribution >= 4 is 23.5 Å². The van der Waals surface area contributed by atoms with Gasteiger partial charge in [-0.2, -0.15) is 4.98 Å². The van der Waals surface area contributed by atoms with Crippen molar-refractivity contribution in [2.75, 3.05) is 0 Å². The molecule has 7 nitrogen and oxygen atoms in total. The molecule has 2 aromatic rings. The highest BCUT2D eigenvalue weighted by Gasteiger charge is 2.21. The van der Waals surface area contributed by atoms with E-state index < -0.39 is 12.0 Å². The highest BCUT2D eigenvalue weighted by atomic mass is 35.5. The molecule has 0 fully saturated rings. The van der Waals surface area contributed by atoms with Gasteiger partial charge in [0.1, 0.15) is 0 Å². The number of carboxylic acids is 1. The lowest BCUT2D eigenvalue weighted by atomic mass is 10.1. The molecule has 1 aromatic heterocycles. The van der Waals surface area contributed by atoms with E-state index in [2.05, 4.69) is 15.5 Å². The first-order chi connectivity index (χ1) is 12.0. The van der Waals surface area contributed by atoms with Gasteiger partial charge in [-0.1, -0.05) is 35.8 Å². The molecule has 0 aliphatic heterocycles. The monoisotopic (exact) mass is 365 g/mol.